The lowest BCUT2D eigenvalue weighted by Gasteiger charge is -2.53. The quantitative estimate of drug-likeness (QED) is 0.0172. The number of hydrogen-bond donors (Lipinski definition) is 0. The van der Waals surface area contributed by atoms with Gasteiger partial charge >= 0.3 is 11.9 Å². The summed E-state index contributed by atoms with van der Waals surface area (Å²) in [5.74, 6) is -3.24. The van der Waals surface area contributed by atoms with Crippen molar-refractivity contribution in [2.24, 2.45) is 5.92 Å². The Kier molecular flexibility index (Phi) is 25.5. The smallest absolute Gasteiger partial charge is 0.338 e. The van der Waals surface area contributed by atoms with Crippen LogP contribution in [-0.4, -0.2) is 162 Å². The van der Waals surface area contributed by atoms with Crippen LogP contribution in [0.3, 0.4) is 0 Å². The zero-order valence-corrected chi connectivity index (χ0v) is 64.8. The topological polar surface area (TPSA) is 196 Å². The molecule has 0 amide bonds. The van der Waals surface area contributed by atoms with E-state index in [0.717, 1.165) is 26.3 Å². The Morgan fingerprint density at radius 2 is 0.953 bits per heavy atom. The van der Waals surface area contributed by atoms with Gasteiger partial charge in [0.1, 0.15) is 48.5 Å². The van der Waals surface area contributed by atoms with Crippen LogP contribution >= 0.6 is 0 Å². The molecular formula is C86H100O17SSi2. The van der Waals surface area contributed by atoms with Crippen LogP contribution < -0.4 is 20.7 Å². The number of fused-ring (bicyclic) bond motifs is 2. The number of carbonyl (C=O) groups is 3. The summed E-state index contributed by atoms with van der Waals surface area (Å²) in [5.41, 5.74) is 1.57. The summed E-state index contributed by atoms with van der Waals surface area (Å²) in [6.45, 7) is 13.8. The fraction of sp³-hybridized carbons (Fsp3) is 0.407. The third-order valence-electron chi connectivity index (χ3n) is 21.4. The molecule has 0 N–H and O–H groups in total. The molecule has 4 heterocycles. The number of sulfone groups is 1. The predicted octanol–water partition coefficient (Wildman–Crippen LogP) is 12.2. The largest absolute Gasteiger partial charge is 0.458 e. The molecular weight excluding hydrogens is 1390 g/mol. The predicted molar refractivity (Wildman–Crippen MR) is 410 cm³/mol. The summed E-state index contributed by atoms with van der Waals surface area (Å²) in [6, 6.07) is 76.8. The first kappa shape index (κ1) is 78.0. The third kappa shape index (κ3) is 16.9. The van der Waals surface area contributed by atoms with Crippen molar-refractivity contribution in [3.05, 3.63) is 259 Å². The van der Waals surface area contributed by atoms with Gasteiger partial charge in [0.25, 0.3) is 16.6 Å². The minimum atomic E-state index is -4.66. The minimum Gasteiger partial charge on any atom is -0.458 e. The summed E-state index contributed by atoms with van der Waals surface area (Å²) in [5, 5.41) is 1.46. The summed E-state index contributed by atoms with van der Waals surface area (Å²) in [7, 11) is -7.22. The standard InChI is InChI=1S/C86H100O17SSi2/c1-85(2,3)105(65-42-26-14-27-43-65,66-44-28-15-29-45-66)102-78-71(52-53-95-57-59-34-18-10-19-35-59)101-80-79(78)100-70-51-50-62(97-77(70)81(80)103-106(86(4,5)6,67-46-30-16-31-47-67)68-48-32-17-33-49-68)54-69(87)82(104(90,91)64-40-24-13-25-41-64)75-72(56-74(92-7)93-8)99-73(76(75)94-9)55-63(98-84(89)61-38-22-12-23-39-61)58-96-83(88)60-36-20-11-21-37-60/h10-49,62-63,70-82H,50-58H2,1-9H3/t62-,63+,70+,71-,72+,73-,75+,76+,77+,78+,79+,80-,81+,82?/m1/s1. The number of rotatable bonds is 31. The lowest BCUT2D eigenvalue weighted by molar-refractivity contribution is -0.254. The van der Waals surface area contributed by atoms with Crippen molar-refractivity contribution in [2.45, 2.75) is 186 Å². The monoisotopic (exact) mass is 1490 g/mol. The highest BCUT2D eigenvalue weighted by Gasteiger charge is 2.65. The maximum Gasteiger partial charge on any atom is 0.338 e. The van der Waals surface area contributed by atoms with E-state index in [0.29, 0.717) is 32.5 Å². The summed E-state index contributed by atoms with van der Waals surface area (Å²) >= 11 is 0. The van der Waals surface area contributed by atoms with Gasteiger partial charge < -0.3 is 56.2 Å². The molecule has 20 heteroatoms. The van der Waals surface area contributed by atoms with E-state index in [1.807, 2.05) is 42.5 Å². The second kappa shape index (κ2) is 34.7. The molecule has 8 aromatic rings. The van der Waals surface area contributed by atoms with E-state index in [-0.39, 0.29) is 35.3 Å². The van der Waals surface area contributed by atoms with Crippen molar-refractivity contribution < 1.29 is 79.0 Å². The highest BCUT2D eigenvalue weighted by molar-refractivity contribution is 7.92. The van der Waals surface area contributed by atoms with Gasteiger partial charge in [-0.2, -0.15) is 0 Å². The number of ether oxygens (including phenoxy) is 10. The molecule has 0 aliphatic carbocycles. The second-order valence-corrected chi connectivity index (χ2v) is 40.6. The zero-order chi connectivity index (χ0) is 74.6. The van der Waals surface area contributed by atoms with Crippen LogP contribution in [0.1, 0.15) is 106 Å². The first-order valence-electron chi connectivity index (χ1n) is 36.9. The average molecular weight is 1490 g/mol. The maximum atomic E-state index is 16.4. The van der Waals surface area contributed by atoms with E-state index in [9.17, 15) is 9.59 Å². The van der Waals surface area contributed by atoms with Gasteiger partial charge in [-0.1, -0.05) is 248 Å². The molecule has 0 spiro atoms. The van der Waals surface area contributed by atoms with Crippen LogP contribution in [0.15, 0.2) is 248 Å². The number of esters is 2. The van der Waals surface area contributed by atoms with Gasteiger partial charge in [0, 0.05) is 53.1 Å². The van der Waals surface area contributed by atoms with Crippen LogP contribution in [0.2, 0.25) is 10.1 Å². The SMILES string of the molecule is COC(C[C@@H]1O[C@H](C[C@@H](COC(=O)c2ccccc2)OC(=O)c2ccccc2)[C@H](OC)[C@H]1C(C(=O)C[C@H]1CC[C@@H]2O[C@@H]3[C@@H](O[C@H](CCOCc4ccccc4)[C@@H]3O[Si](c3ccccc3)(c3ccccc3)C(C)(C)C)[C@@H](O[Si](c3ccccc3)(c3ccccc3)C(C)(C)C)[C@H]2O1)S(=O)(=O)c1ccccc1)OC. The van der Waals surface area contributed by atoms with Crippen molar-refractivity contribution in [1.82, 2.24) is 0 Å². The van der Waals surface area contributed by atoms with E-state index in [4.69, 9.17) is 56.2 Å². The molecule has 0 radical (unpaired) electrons. The normalized spacial score (nSPS) is 24.0. The van der Waals surface area contributed by atoms with Crippen LogP contribution in [0.5, 0.6) is 0 Å². The Labute approximate surface area is 626 Å². The molecule has 106 heavy (non-hydrogen) atoms. The first-order chi connectivity index (χ1) is 51.2. The van der Waals surface area contributed by atoms with Gasteiger partial charge in [0.05, 0.1) is 59.3 Å². The Bertz CT molecular complexity index is 4130. The van der Waals surface area contributed by atoms with Crippen molar-refractivity contribution >= 4 is 64.9 Å². The molecule has 17 nitrogen and oxygen atoms in total. The molecule has 560 valence electrons. The van der Waals surface area contributed by atoms with Gasteiger partial charge in [0.15, 0.2) is 21.9 Å². The molecule has 0 saturated carbocycles. The van der Waals surface area contributed by atoms with Gasteiger partial charge in [0.2, 0.25) is 0 Å². The molecule has 0 aromatic heterocycles. The van der Waals surface area contributed by atoms with E-state index in [1.54, 1.807) is 78.9 Å². The highest BCUT2D eigenvalue weighted by Crippen LogP contribution is 2.49. The molecule has 4 aliphatic heterocycles. The van der Waals surface area contributed by atoms with Crippen molar-refractivity contribution in [3.63, 3.8) is 0 Å². The Morgan fingerprint density at radius 3 is 1.44 bits per heavy atom. The fourth-order valence-electron chi connectivity index (χ4n) is 16.4. The molecule has 8 aromatic carbocycles. The number of hydrogen-bond acceptors (Lipinski definition) is 17. The van der Waals surface area contributed by atoms with E-state index < -0.39 is 152 Å². The van der Waals surface area contributed by atoms with E-state index in [2.05, 4.69) is 151 Å². The lowest BCUT2D eigenvalue weighted by Crippen LogP contribution is -2.73. The van der Waals surface area contributed by atoms with Crippen LogP contribution in [-0.2, 0) is 77.5 Å². The molecule has 12 rings (SSSR count). The number of Topliss-reactive ketones (excluding diaryl/α,β-unsaturated/α-hetero) is 1. The summed E-state index contributed by atoms with van der Waals surface area (Å²) < 4.78 is 115. The maximum absolute atomic E-state index is 16.4. The summed E-state index contributed by atoms with van der Waals surface area (Å²) in [4.78, 5) is 43.9. The Hall–Kier alpha value is -7.65. The first-order valence-corrected chi connectivity index (χ1v) is 42.2. The van der Waals surface area contributed by atoms with Crippen molar-refractivity contribution in [1.29, 1.82) is 0 Å². The Balaban J connectivity index is 0.939. The fourth-order valence-corrected chi connectivity index (χ4v) is 27.9. The van der Waals surface area contributed by atoms with Crippen LogP contribution in [0, 0.1) is 5.92 Å². The molecule has 1 unspecified atom stereocenters. The lowest BCUT2D eigenvalue weighted by atomic mass is 9.84. The van der Waals surface area contributed by atoms with Crippen LogP contribution in [0.25, 0.3) is 0 Å². The Morgan fingerprint density at radius 1 is 0.491 bits per heavy atom. The summed E-state index contributed by atoms with van der Waals surface area (Å²) in [6.07, 6.45) is -10.9. The second-order valence-electron chi connectivity index (χ2n) is 30.1. The number of ketones is 1. The van der Waals surface area contributed by atoms with Gasteiger partial charge in [-0.25, -0.2) is 18.0 Å². The van der Waals surface area contributed by atoms with Gasteiger partial charge in [-0.3, -0.25) is 4.79 Å². The number of benzene rings is 8. The van der Waals surface area contributed by atoms with E-state index in [1.165, 1.54) is 33.5 Å². The van der Waals surface area contributed by atoms with E-state index >= 15 is 13.2 Å². The number of methoxy groups -OCH3 is 3. The molecule has 4 aliphatic rings. The van der Waals surface area contributed by atoms with Gasteiger partial charge in [-0.05, 0) is 92.0 Å². The van der Waals surface area contributed by atoms with Crippen molar-refractivity contribution in [3.8, 4) is 0 Å². The minimum absolute atomic E-state index is 0.0503. The highest BCUT2D eigenvalue weighted by atomic mass is 32.2. The van der Waals surface area contributed by atoms with Crippen molar-refractivity contribution in [2.75, 3.05) is 34.5 Å². The zero-order valence-electron chi connectivity index (χ0n) is 62.0. The molecule has 4 fully saturated rings. The van der Waals surface area contributed by atoms with Crippen LogP contribution in [0.4, 0.5) is 0 Å². The molecule has 4 saturated heterocycles. The molecule has 14 atom stereocenters. The molecule has 0 bridgehead atoms. The van der Waals surface area contributed by atoms with Gasteiger partial charge in [-0.15, -0.1) is 0 Å². The number of carbonyl (C=O) groups excluding carboxylic acids is 3. The third-order valence-corrected chi connectivity index (χ3v) is 33.6. The average Bonchev–Trinajstić information content (AvgIpc) is 1.88.